The molecule has 2 heterocycles. The van der Waals surface area contributed by atoms with Crippen LogP contribution in [0.2, 0.25) is 10.0 Å². The third-order valence-electron chi connectivity index (χ3n) is 7.58. The fraction of sp³-hybridized carbons (Fsp3) is 0.536. The summed E-state index contributed by atoms with van der Waals surface area (Å²) in [7, 11) is 0. The Balaban J connectivity index is 0.000000486. The lowest BCUT2D eigenvalue weighted by Gasteiger charge is -2.33. The highest BCUT2D eigenvalue weighted by Gasteiger charge is 2.30. The molecule has 0 bridgehead atoms. The first-order valence-corrected chi connectivity index (χ1v) is 13.4. The minimum Gasteiger partial charge on any atom is -0.338 e. The molecule has 2 aromatic rings. The lowest BCUT2D eigenvalue weighted by atomic mass is 9.88. The number of nitrogens with zero attached hydrogens (tertiary/aromatic N) is 2. The lowest BCUT2D eigenvalue weighted by molar-refractivity contribution is 0.0782. The van der Waals surface area contributed by atoms with Gasteiger partial charge in [0.25, 0.3) is 5.91 Å². The Kier molecular flexibility index (Phi) is 8.90. The first-order valence-electron chi connectivity index (χ1n) is 12.6. The highest BCUT2D eigenvalue weighted by atomic mass is 35.5. The van der Waals surface area contributed by atoms with Gasteiger partial charge in [-0.1, -0.05) is 61.5 Å². The number of carbonyl (C=O) groups excluding carboxylic acids is 1. The van der Waals surface area contributed by atoms with Crippen LogP contribution in [0, 0.1) is 17.7 Å². The number of carbonyl (C=O) groups is 1. The van der Waals surface area contributed by atoms with Crippen LogP contribution in [0.25, 0.3) is 0 Å². The summed E-state index contributed by atoms with van der Waals surface area (Å²) in [5.74, 6) is 1.94. The third kappa shape index (κ3) is 6.74. The van der Waals surface area contributed by atoms with Crippen molar-refractivity contribution in [2.24, 2.45) is 11.8 Å². The number of likely N-dealkylation sites (tertiary alicyclic amines) is 2. The Hall–Kier alpha value is -1.62. The van der Waals surface area contributed by atoms with Gasteiger partial charge in [-0.15, -0.1) is 0 Å². The number of amides is 1. The average molecular weight is 506 g/mol. The fourth-order valence-electron chi connectivity index (χ4n) is 5.14. The van der Waals surface area contributed by atoms with Gasteiger partial charge in [-0.2, -0.15) is 0 Å². The van der Waals surface area contributed by atoms with Crippen LogP contribution in [0.4, 0.5) is 4.39 Å². The molecule has 2 saturated heterocycles. The van der Waals surface area contributed by atoms with Crippen LogP contribution < -0.4 is 0 Å². The topological polar surface area (TPSA) is 23.6 Å². The van der Waals surface area contributed by atoms with E-state index in [-0.39, 0.29) is 11.7 Å². The second-order valence-electron chi connectivity index (χ2n) is 10.2. The maximum atomic E-state index is 13.1. The first-order chi connectivity index (χ1) is 16.4. The number of benzene rings is 2. The Morgan fingerprint density at radius 3 is 2.21 bits per heavy atom. The molecule has 1 amide bonds. The van der Waals surface area contributed by atoms with Gasteiger partial charge in [0.05, 0.1) is 10.0 Å². The molecule has 2 aliphatic heterocycles. The van der Waals surface area contributed by atoms with Crippen LogP contribution in [0.3, 0.4) is 0 Å². The molecule has 3 aliphatic rings. The van der Waals surface area contributed by atoms with E-state index < -0.39 is 0 Å². The van der Waals surface area contributed by atoms with E-state index in [2.05, 4.69) is 11.8 Å². The van der Waals surface area contributed by atoms with Gasteiger partial charge in [-0.25, -0.2) is 4.39 Å². The number of hydrogen-bond acceptors (Lipinski definition) is 2. The third-order valence-corrected chi connectivity index (χ3v) is 8.32. The molecule has 1 aliphatic carbocycles. The zero-order valence-electron chi connectivity index (χ0n) is 20.0. The highest BCUT2D eigenvalue weighted by Crippen LogP contribution is 2.30. The molecule has 0 radical (unpaired) electrons. The summed E-state index contributed by atoms with van der Waals surface area (Å²) < 4.78 is 13.1. The van der Waals surface area contributed by atoms with Crippen molar-refractivity contribution < 1.29 is 9.18 Å². The molecule has 0 N–H and O–H groups in total. The normalized spacial score (nSPS) is 21.6. The molecule has 6 heteroatoms. The summed E-state index contributed by atoms with van der Waals surface area (Å²) in [4.78, 5) is 17.2. The van der Waals surface area contributed by atoms with E-state index in [0.29, 0.717) is 27.4 Å². The molecule has 184 valence electrons. The summed E-state index contributed by atoms with van der Waals surface area (Å²) in [6.07, 6.45) is 7.70. The molecule has 3 nitrogen and oxygen atoms in total. The van der Waals surface area contributed by atoms with Crippen molar-refractivity contribution in [1.29, 1.82) is 0 Å². The van der Waals surface area contributed by atoms with E-state index in [0.717, 1.165) is 57.9 Å². The number of halogens is 3. The van der Waals surface area contributed by atoms with Crippen LogP contribution in [0.5, 0.6) is 0 Å². The van der Waals surface area contributed by atoms with Crippen molar-refractivity contribution in [2.75, 3.05) is 32.7 Å². The van der Waals surface area contributed by atoms with Crippen LogP contribution in [0.15, 0.2) is 42.5 Å². The first kappa shape index (κ1) is 25.5. The SMILES string of the molecule is CC1CCC1.O=C(c1ccc(Cl)c(Cl)c1)N1CC[C@H](CN2CCC(c3ccc(F)cc3)CC2)C1. The Morgan fingerprint density at radius 2 is 1.62 bits per heavy atom. The van der Waals surface area contributed by atoms with Crippen LogP contribution >= 0.6 is 23.2 Å². The number of rotatable bonds is 4. The summed E-state index contributed by atoms with van der Waals surface area (Å²) in [6, 6.07) is 12.0. The number of hydrogen-bond donors (Lipinski definition) is 0. The van der Waals surface area contributed by atoms with Gasteiger partial charge in [-0.05, 0) is 86.0 Å². The maximum Gasteiger partial charge on any atom is 0.253 e. The molecule has 3 fully saturated rings. The smallest absolute Gasteiger partial charge is 0.253 e. The van der Waals surface area contributed by atoms with Gasteiger partial charge < -0.3 is 9.80 Å². The Bertz CT molecular complexity index is 955. The van der Waals surface area contributed by atoms with Gasteiger partial charge >= 0.3 is 0 Å². The predicted octanol–water partition coefficient (Wildman–Crippen LogP) is 7.28. The predicted molar refractivity (Wildman–Crippen MR) is 138 cm³/mol. The van der Waals surface area contributed by atoms with Crippen molar-refractivity contribution in [1.82, 2.24) is 9.80 Å². The van der Waals surface area contributed by atoms with Crippen molar-refractivity contribution in [2.45, 2.75) is 51.4 Å². The summed E-state index contributed by atoms with van der Waals surface area (Å²) in [5.41, 5.74) is 1.84. The van der Waals surface area contributed by atoms with E-state index in [9.17, 15) is 9.18 Å². The molecule has 1 saturated carbocycles. The van der Waals surface area contributed by atoms with E-state index in [1.165, 1.54) is 24.8 Å². The molecule has 0 spiro atoms. The van der Waals surface area contributed by atoms with Crippen molar-refractivity contribution >= 4 is 29.1 Å². The van der Waals surface area contributed by atoms with E-state index in [1.54, 1.807) is 30.3 Å². The van der Waals surface area contributed by atoms with Crippen LogP contribution in [-0.2, 0) is 0 Å². The lowest BCUT2D eigenvalue weighted by Crippen LogP contribution is -2.37. The van der Waals surface area contributed by atoms with Crippen LogP contribution in [-0.4, -0.2) is 48.4 Å². The number of piperidine rings is 1. The Morgan fingerprint density at radius 1 is 0.941 bits per heavy atom. The second kappa shape index (κ2) is 11.9. The van der Waals surface area contributed by atoms with E-state index >= 15 is 0 Å². The van der Waals surface area contributed by atoms with Gasteiger partial charge in [0.1, 0.15) is 5.82 Å². The molecule has 0 aromatic heterocycles. The van der Waals surface area contributed by atoms with Gasteiger partial charge in [0.2, 0.25) is 0 Å². The van der Waals surface area contributed by atoms with Gasteiger partial charge in [0.15, 0.2) is 0 Å². The standard InChI is InChI=1S/C23H25Cl2FN2O.C5H10/c24-21-6-3-19(13-22(21)25)23(29)28-12-7-16(15-28)14-27-10-8-18(9-11-27)17-1-4-20(26)5-2-17;1-5-3-2-4-5/h1-6,13,16,18H,7-12,14-15H2;5H,2-4H2,1H3/t16-;/m1./s1. The molecule has 1 atom stereocenters. The van der Waals surface area contributed by atoms with Crippen molar-refractivity contribution in [3.8, 4) is 0 Å². The van der Waals surface area contributed by atoms with Crippen LogP contribution in [0.1, 0.15) is 67.3 Å². The summed E-state index contributed by atoms with van der Waals surface area (Å²) in [5, 5.41) is 0.879. The van der Waals surface area contributed by atoms with Crippen molar-refractivity contribution in [3.63, 3.8) is 0 Å². The monoisotopic (exact) mass is 504 g/mol. The van der Waals surface area contributed by atoms with Gasteiger partial charge in [-0.3, -0.25) is 4.79 Å². The van der Waals surface area contributed by atoms with Gasteiger partial charge in [0, 0.05) is 25.2 Å². The largest absolute Gasteiger partial charge is 0.338 e. The molecule has 5 rings (SSSR count). The summed E-state index contributed by atoms with van der Waals surface area (Å²) >= 11 is 12.0. The zero-order chi connectivity index (χ0) is 24.1. The minimum absolute atomic E-state index is 0.0288. The minimum atomic E-state index is -0.174. The molecular formula is C28H35Cl2FN2O. The molecule has 2 aromatic carbocycles. The van der Waals surface area contributed by atoms with E-state index in [4.69, 9.17) is 23.2 Å². The van der Waals surface area contributed by atoms with E-state index in [1.807, 2.05) is 17.0 Å². The highest BCUT2D eigenvalue weighted by molar-refractivity contribution is 6.42. The quantitative estimate of drug-likeness (QED) is 0.436. The molecule has 0 unspecified atom stereocenters. The van der Waals surface area contributed by atoms with Crippen molar-refractivity contribution in [3.05, 3.63) is 69.5 Å². The Labute approximate surface area is 213 Å². The summed E-state index contributed by atoms with van der Waals surface area (Å²) in [6.45, 7) is 7.02. The second-order valence-corrected chi connectivity index (χ2v) is 11.0. The zero-order valence-corrected chi connectivity index (χ0v) is 21.5. The molecule has 34 heavy (non-hydrogen) atoms. The average Bonchev–Trinajstić information content (AvgIpc) is 3.29. The fourth-order valence-corrected chi connectivity index (χ4v) is 5.44. The molecular weight excluding hydrogens is 470 g/mol. The maximum absolute atomic E-state index is 13.1.